The molecule has 0 radical (unpaired) electrons. The Morgan fingerprint density at radius 3 is 2.88 bits per heavy atom. The Labute approximate surface area is 104 Å². The van der Waals surface area contributed by atoms with Gasteiger partial charge in [0.1, 0.15) is 0 Å². The van der Waals surface area contributed by atoms with Crippen molar-refractivity contribution in [2.24, 2.45) is 5.73 Å². The van der Waals surface area contributed by atoms with Gasteiger partial charge in [-0.05, 0) is 0 Å². The first kappa shape index (κ1) is 13.2. The summed E-state index contributed by atoms with van der Waals surface area (Å²) in [6.07, 6.45) is 0. The molecule has 2 amide bonds. The summed E-state index contributed by atoms with van der Waals surface area (Å²) in [5.74, 6) is -0.259. The van der Waals surface area contributed by atoms with Gasteiger partial charge in [0.2, 0.25) is 0 Å². The normalized spacial score (nSPS) is 20.3. The molecular weight excluding hydrogens is 246 g/mol. The number of nitrogens with two attached hydrogens (primary N) is 1. The Morgan fingerprint density at radius 2 is 2.31 bits per heavy atom. The van der Waals surface area contributed by atoms with E-state index in [0.29, 0.717) is 18.3 Å². The highest BCUT2D eigenvalue weighted by molar-refractivity contribution is 7.99. The molecule has 3 N–H and O–H groups in total. The molecule has 1 saturated heterocycles. The van der Waals surface area contributed by atoms with E-state index < -0.39 is 11.8 Å². The predicted molar refractivity (Wildman–Crippen MR) is 68.3 cm³/mol. The van der Waals surface area contributed by atoms with Crippen molar-refractivity contribution in [1.29, 1.82) is 0 Å². The van der Waals surface area contributed by atoms with Crippen molar-refractivity contribution in [3.05, 3.63) is 0 Å². The van der Waals surface area contributed by atoms with Gasteiger partial charge in [0.15, 0.2) is 0 Å². The third-order valence-corrected chi connectivity index (χ3v) is 3.43. The summed E-state index contributed by atoms with van der Waals surface area (Å²) >= 11 is 6.41. The summed E-state index contributed by atoms with van der Waals surface area (Å²) in [5, 5.41) is 2.77. The number of hydrogen-bond acceptors (Lipinski definition) is 4. The molecule has 1 aliphatic heterocycles. The minimum atomic E-state index is -0.633. The van der Waals surface area contributed by atoms with Crippen molar-refractivity contribution in [2.75, 3.05) is 25.4 Å². The van der Waals surface area contributed by atoms with Crippen LogP contribution >= 0.6 is 24.0 Å². The number of carbonyl (C=O) groups excluding carboxylic acids is 2. The predicted octanol–water partition coefficient (Wildman–Crippen LogP) is -0.647. The molecule has 0 aromatic heterocycles. The van der Waals surface area contributed by atoms with Gasteiger partial charge in [-0.1, -0.05) is 19.1 Å². The largest absolute Gasteiger partial charge is 0.392 e. The summed E-state index contributed by atoms with van der Waals surface area (Å²) in [5.41, 5.74) is 5.23. The molecule has 0 aliphatic carbocycles. The van der Waals surface area contributed by atoms with Gasteiger partial charge in [0.25, 0.3) is 0 Å². The first-order valence-electron chi connectivity index (χ1n) is 4.97. The van der Waals surface area contributed by atoms with E-state index in [-0.39, 0.29) is 11.5 Å². The van der Waals surface area contributed by atoms with Crippen molar-refractivity contribution >= 4 is 40.8 Å². The minimum Gasteiger partial charge on any atom is -0.392 e. The average Bonchev–Trinajstić information content (AvgIpc) is 2.24. The van der Waals surface area contributed by atoms with Crippen LogP contribution in [0.25, 0.3) is 0 Å². The summed E-state index contributed by atoms with van der Waals surface area (Å²) in [7, 11) is 0. The van der Waals surface area contributed by atoms with Crippen molar-refractivity contribution < 1.29 is 9.59 Å². The average molecular weight is 261 g/mol. The van der Waals surface area contributed by atoms with E-state index in [1.807, 2.05) is 6.92 Å². The fourth-order valence-electron chi connectivity index (χ4n) is 1.39. The lowest BCUT2D eigenvalue weighted by Gasteiger charge is -2.29. The maximum Gasteiger partial charge on any atom is 0.311 e. The first-order chi connectivity index (χ1) is 7.50. The molecule has 1 fully saturated rings. The van der Waals surface area contributed by atoms with Crippen molar-refractivity contribution in [3.8, 4) is 0 Å². The molecule has 5 nitrogen and oxygen atoms in total. The number of hydrogen-bond donors (Lipinski definition) is 2. The number of carbonyl (C=O) groups is 2. The van der Waals surface area contributed by atoms with Crippen molar-refractivity contribution in [2.45, 2.75) is 12.2 Å². The van der Waals surface area contributed by atoms with Crippen LogP contribution in [0.5, 0.6) is 0 Å². The Balaban J connectivity index is 2.43. The second-order valence-corrected chi connectivity index (χ2v) is 5.65. The lowest BCUT2D eigenvalue weighted by Crippen LogP contribution is -2.49. The lowest BCUT2D eigenvalue weighted by atomic mass is 10.3. The fraction of sp³-hybridized carbons (Fsp3) is 0.667. The highest BCUT2D eigenvalue weighted by Crippen LogP contribution is 2.17. The van der Waals surface area contributed by atoms with E-state index >= 15 is 0 Å². The van der Waals surface area contributed by atoms with Gasteiger partial charge >= 0.3 is 11.8 Å². The summed E-state index contributed by atoms with van der Waals surface area (Å²) in [4.78, 5) is 24.8. The number of amides is 2. The molecule has 1 heterocycles. The van der Waals surface area contributed by atoms with Gasteiger partial charge in [-0.3, -0.25) is 9.59 Å². The number of thiocarbonyl (C=S) groups is 1. The van der Waals surface area contributed by atoms with Crippen LogP contribution in [0.3, 0.4) is 0 Å². The van der Waals surface area contributed by atoms with Gasteiger partial charge < -0.3 is 16.0 Å². The molecule has 0 spiro atoms. The highest BCUT2D eigenvalue weighted by Gasteiger charge is 2.25. The molecule has 1 unspecified atom stereocenters. The molecule has 0 saturated carbocycles. The van der Waals surface area contributed by atoms with E-state index in [1.54, 1.807) is 16.7 Å². The van der Waals surface area contributed by atoms with Crippen LogP contribution in [-0.2, 0) is 9.59 Å². The fourth-order valence-corrected chi connectivity index (χ4v) is 2.48. The third kappa shape index (κ3) is 3.97. The number of nitrogens with one attached hydrogen (secondary N) is 1. The number of thioether (sulfide) groups is 1. The molecule has 0 aromatic rings. The highest BCUT2D eigenvalue weighted by atomic mass is 32.2. The van der Waals surface area contributed by atoms with E-state index in [4.69, 9.17) is 5.73 Å². The van der Waals surface area contributed by atoms with Gasteiger partial charge in [-0.25, -0.2) is 0 Å². The zero-order valence-corrected chi connectivity index (χ0v) is 10.7. The topological polar surface area (TPSA) is 75.4 Å². The van der Waals surface area contributed by atoms with Gasteiger partial charge in [0.05, 0.1) is 11.5 Å². The molecule has 16 heavy (non-hydrogen) atoms. The Kier molecular flexibility index (Phi) is 5.01. The Bertz CT molecular complexity index is 309. The number of nitrogens with zero attached hydrogens (tertiary/aromatic N) is 1. The zero-order chi connectivity index (χ0) is 12.1. The molecular formula is C9H15N3O2S2. The maximum absolute atomic E-state index is 11.7. The second kappa shape index (κ2) is 6.05. The van der Waals surface area contributed by atoms with Crippen LogP contribution < -0.4 is 11.1 Å². The van der Waals surface area contributed by atoms with E-state index in [2.05, 4.69) is 17.5 Å². The van der Waals surface area contributed by atoms with Crippen molar-refractivity contribution in [3.63, 3.8) is 0 Å². The molecule has 0 aromatic carbocycles. The van der Waals surface area contributed by atoms with Crippen LogP contribution in [0.1, 0.15) is 6.92 Å². The Hall–Kier alpha value is -0.820. The smallest absolute Gasteiger partial charge is 0.311 e. The molecule has 90 valence electrons. The maximum atomic E-state index is 11.7. The van der Waals surface area contributed by atoms with E-state index in [9.17, 15) is 9.59 Å². The SMILES string of the molecule is CC1CN(C(=O)C(=O)NCC(N)=S)CCS1. The number of rotatable bonds is 2. The monoisotopic (exact) mass is 261 g/mol. The quantitative estimate of drug-likeness (QED) is 0.510. The summed E-state index contributed by atoms with van der Waals surface area (Å²) in [6, 6.07) is 0. The van der Waals surface area contributed by atoms with Crippen LogP contribution in [0, 0.1) is 0 Å². The first-order valence-corrected chi connectivity index (χ1v) is 6.43. The van der Waals surface area contributed by atoms with Crippen LogP contribution in [-0.4, -0.2) is 52.3 Å². The summed E-state index contributed by atoms with van der Waals surface area (Å²) < 4.78 is 0. The van der Waals surface area contributed by atoms with E-state index in [1.165, 1.54) is 0 Å². The zero-order valence-electron chi connectivity index (χ0n) is 9.06. The standard InChI is InChI=1S/C9H15N3O2S2/c1-6-5-12(2-3-16-6)9(14)8(13)11-4-7(10)15/h6H,2-5H2,1H3,(H2,10,15)(H,11,13). The third-order valence-electron chi connectivity index (χ3n) is 2.15. The summed E-state index contributed by atoms with van der Waals surface area (Å²) in [6.45, 7) is 3.34. The molecule has 1 atom stereocenters. The lowest BCUT2D eigenvalue weighted by molar-refractivity contribution is -0.145. The van der Waals surface area contributed by atoms with Crippen LogP contribution in [0.2, 0.25) is 0 Å². The van der Waals surface area contributed by atoms with Gasteiger partial charge in [0, 0.05) is 24.1 Å². The van der Waals surface area contributed by atoms with Crippen LogP contribution in [0.15, 0.2) is 0 Å². The molecule has 7 heteroatoms. The minimum absolute atomic E-state index is 0.0675. The van der Waals surface area contributed by atoms with Crippen molar-refractivity contribution in [1.82, 2.24) is 10.2 Å². The van der Waals surface area contributed by atoms with Gasteiger partial charge in [-0.15, -0.1) is 0 Å². The molecule has 1 rings (SSSR count). The van der Waals surface area contributed by atoms with Crippen LogP contribution in [0.4, 0.5) is 0 Å². The van der Waals surface area contributed by atoms with E-state index in [0.717, 1.165) is 5.75 Å². The second-order valence-electron chi connectivity index (χ2n) is 3.58. The molecule has 0 bridgehead atoms. The Morgan fingerprint density at radius 1 is 1.62 bits per heavy atom. The molecule has 1 aliphatic rings. The van der Waals surface area contributed by atoms with Gasteiger partial charge in [-0.2, -0.15) is 11.8 Å².